The monoisotopic (exact) mass is 460 g/mol. The van der Waals surface area contributed by atoms with Gasteiger partial charge in [-0.3, -0.25) is 4.90 Å². The van der Waals surface area contributed by atoms with Crippen LogP contribution in [0.1, 0.15) is 36.3 Å². The molecule has 1 saturated heterocycles. The lowest BCUT2D eigenvalue weighted by Crippen LogP contribution is -2.46. The van der Waals surface area contributed by atoms with Crippen LogP contribution in [0.4, 0.5) is 11.4 Å². The Balaban J connectivity index is 1.23. The molecule has 0 spiro atoms. The van der Waals surface area contributed by atoms with Crippen molar-refractivity contribution in [1.29, 1.82) is 0 Å². The molecule has 33 heavy (non-hydrogen) atoms. The molecule has 2 aliphatic rings. The molecule has 0 unspecified atom stereocenters. The number of hydrogen-bond acceptors (Lipinski definition) is 8. The van der Waals surface area contributed by atoms with Crippen LogP contribution in [0, 0.1) is 0 Å². The molecule has 9 heteroatoms. The highest BCUT2D eigenvalue weighted by Gasteiger charge is 2.30. The second-order valence-corrected chi connectivity index (χ2v) is 9.95. The summed E-state index contributed by atoms with van der Waals surface area (Å²) in [6.07, 6.45) is 2.55. The number of anilines is 2. The average molecular weight is 461 g/mol. The van der Waals surface area contributed by atoms with Crippen LogP contribution in [0.3, 0.4) is 0 Å². The van der Waals surface area contributed by atoms with E-state index in [1.807, 2.05) is 0 Å². The first-order chi connectivity index (χ1) is 16.3. The van der Waals surface area contributed by atoms with Crippen LogP contribution < -0.4 is 10.2 Å². The normalized spacial score (nSPS) is 17.1. The van der Waals surface area contributed by atoms with Crippen molar-refractivity contribution in [3.05, 3.63) is 47.0 Å². The van der Waals surface area contributed by atoms with Gasteiger partial charge in [-0.1, -0.05) is 12.1 Å². The molecular weight excluding hydrogens is 432 g/mol. The number of para-hydroxylation sites is 1. The zero-order valence-electron chi connectivity index (χ0n) is 18.8. The van der Waals surface area contributed by atoms with Gasteiger partial charge in [-0.15, -0.1) is 21.5 Å². The zero-order chi connectivity index (χ0) is 22.2. The van der Waals surface area contributed by atoms with E-state index >= 15 is 0 Å². The Morgan fingerprint density at radius 3 is 2.70 bits per heavy atom. The van der Waals surface area contributed by atoms with E-state index in [4.69, 9.17) is 4.98 Å². The third-order valence-electron chi connectivity index (χ3n) is 6.55. The molecule has 1 aliphatic heterocycles. The number of fused-ring (bicyclic) bond motifs is 1. The van der Waals surface area contributed by atoms with E-state index < -0.39 is 0 Å². The molecule has 4 aromatic rings. The summed E-state index contributed by atoms with van der Waals surface area (Å²) in [6.45, 7) is 7.92. The number of aromatic amines is 1. The van der Waals surface area contributed by atoms with Gasteiger partial charge < -0.3 is 10.2 Å². The fraction of sp³-hybridized carbons (Fsp3) is 0.417. The smallest absolute Gasteiger partial charge is 0.206 e. The van der Waals surface area contributed by atoms with Gasteiger partial charge in [0.2, 0.25) is 5.82 Å². The third kappa shape index (κ3) is 4.18. The Kier molecular flexibility index (Phi) is 5.43. The molecular formula is C24H28N8S. The molecule has 170 valence electrons. The van der Waals surface area contributed by atoms with Gasteiger partial charge in [-0.2, -0.15) is 5.21 Å². The van der Waals surface area contributed by atoms with E-state index in [-0.39, 0.29) is 0 Å². The molecule has 0 atom stereocenters. The molecule has 2 N–H and O–H groups in total. The van der Waals surface area contributed by atoms with Gasteiger partial charge in [0.05, 0.1) is 16.8 Å². The highest BCUT2D eigenvalue weighted by Crippen LogP contribution is 2.47. The minimum absolute atomic E-state index is 0.656. The lowest BCUT2D eigenvalue weighted by molar-refractivity contribution is 0.250. The number of H-pyrrole nitrogens is 1. The van der Waals surface area contributed by atoms with E-state index in [0.29, 0.717) is 11.7 Å². The van der Waals surface area contributed by atoms with E-state index in [1.54, 1.807) is 11.3 Å². The maximum absolute atomic E-state index is 4.83. The fourth-order valence-corrected chi connectivity index (χ4v) is 5.73. The van der Waals surface area contributed by atoms with Crippen LogP contribution in [-0.2, 0) is 6.54 Å². The van der Waals surface area contributed by atoms with Gasteiger partial charge in [0.25, 0.3) is 0 Å². The quantitative estimate of drug-likeness (QED) is 0.429. The Bertz CT molecular complexity index is 1210. The molecule has 1 aliphatic carbocycles. The number of tetrazole rings is 1. The molecule has 2 fully saturated rings. The zero-order valence-corrected chi connectivity index (χ0v) is 19.6. The minimum atomic E-state index is 0.656. The number of benzene rings is 2. The molecule has 8 nitrogen and oxygen atoms in total. The van der Waals surface area contributed by atoms with E-state index in [9.17, 15) is 0 Å². The lowest BCUT2D eigenvalue weighted by Gasteiger charge is -2.37. The van der Waals surface area contributed by atoms with Gasteiger partial charge in [0.1, 0.15) is 5.01 Å². The van der Waals surface area contributed by atoms with Crippen molar-refractivity contribution in [2.45, 2.75) is 32.2 Å². The highest BCUT2D eigenvalue weighted by atomic mass is 32.1. The highest BCUT2D eigenvalue weighted by molar-refractivity contribution is 7.18. The SMILES string of the molecule is CCNc1cc(-c2nn[nH]n2)c(N2CCN(Cc3nc4ccccc4s3)CC2)cc1C1CC1. The molecule has 1 saturated carbocycles. The van der Waals surface area contributed by atoms with Crippen molar-refractivity contribution >= 4 is 32.9 Å². The summed E-state index contributed by atoms with van der Waals surface area (Å²) >= 11 is 1.81. The molecule has 6 rings (SSSR count). The lowest BCUT2D eigenvalue weighted by atomic mass is 10.0. The Morgan fingerprint density at radius 2 is 1.97 bits per heavy atom. The maximum atomic E-state index is 4.83. The predicted molar refractivity (Wildman–Crippen MR) is 133 cm³/mol. The van der Waals surface area contributed by atoms with Gasteiger partial charge in [-0.25, -0.2) is 4.98 Å². The van der Waals surface area contributed by atoms with Crippen molar-refractivity contribution in [3.63, 3.8) is 0 Å². The summed E-state index contributed by atoms with van der Waals surface area (Å²) in [6, 6.07) is 13.0. The number of thiazole rings is 1. The van der Waals surface area contributed by atoms with Crippen molar-refractivity contribution in [2.75, 3.05) is 42.9 Å². The number of piperazine rings is 1. The predicted octanol–water partition coefficient (Wildman–Crippen LogP) is 4.11. The Labute approximate surface area is 197 Å². The number of nitrogens with zero attached hydrogens (tertiary/aromatic N) is 6. The molecule has 2 aromatic heterocycles. The first-order valence-electron chi connectivity index (χ1n) is 11.8. The number of hydrogen-bond donors (Lipinski definition) is 2. The number of nitrogens with one attached hydrogen (secondary N) is 2. The largest absolute Gasteiger partial charge is 0.385 e. The second-order valence-electron chi connectivity index (χ2n) is 8.84. The first-order valence-corrected chi connectivity index (χ1v) is 12.6. The standard InChI is InChI=1S/C24H28N8S/c1-2-25-20-13-18(24-27-29-30-28-24)21(14-17(20)16-7-8-16)32-11-9-31(10-12-32)15-23-26-19-5-3-4-6-22(19)33-23/h3-6,13-14,16,25H,2,7-12,15H2,1H3,(H,27,28,29,30). The average Bonchev–Trinajstić information content (AvgIpc) is 3.37. The molecule has 0 radical (unpaired) electrons. The molecule has 0 amide bonds. The van der Waals surface area contributed by atoms with Gasteiger partial charge >= 0.3 is 0 Å². The Hall–Kier alpha value is -3.04. The maximum Gasteiger partial charge on any atom is 0.206 e. The van der Waals surface area contributed by atoms with Crippen LogP contribution >= 0.6 is 11.3 Å². The summed E-state index contributed by atoms with van der Waals surface area (Å²) in [7, 11) is 0. The van der Waals surface area contributed by atoms with Crippen molar-refractivity contribution in [1.82, 2.24) is 30.5 Å². The van der Waals surface area contributed by atoms with Crippen molar-refractivity contribution in [3.8, 4) is 11.4 Å². The summed E-state index contributed by atoms with van der Waals surface area (Å²) in [5.41, 5.74) is 6.01. The van der Waals surface area contributed by atoms with E-state index in [0.717, 1.165) is 50.3 Å². The number of rotatable bonds is 7. The third-order valence-corrected chi connectivity index (χ3v) is 7.57. The molecule has 2 aromatic carbocycles. The summed E-state index contributed by atoms with van der Waals surface area (Å²) in [4.78, 5) is 9.83. The molecule has 3 heterocycles. The van der Waals surface area contributed by atoms with Crippen LogP contribution in [0.5, 0.6) is 0 Å². The van der Waals surface area contributed by atoms with Crippen LogP contribution in [0.2, 0.25) is 0 Å². The Morgan fingerprint density at radius 1 is 1.12 bits per heavy atom. The van der Waals surface area contributed by atoms with Gasteiger partial charge in [0, 0.05) is 49.7 Å². The van der Waals surface area contributed by atoms with Gasteiger partial charge in [-0.05, 0) is 60.7 Å². The van der Waals surface area contributed by atoms with Crippen molar-refractivity contribution < 1.29 is 0 Å². The van der Waals surface area contributed by atoms with Crippen molar-refractivity contribution in [2.24, 2.45) is 0 Å². The van der Waals surface area contributed by atoms with Crippen LogP contribution in [0.15, 0.2) is 36.4 Å². The van der Waals surface area contributed by atoms with Crippen LogP contribution in [0.25, 0.3) is 21.6 Å². The van der Waals surface area contributed by atoms with Gasteiger partial charge in [0.15, 0.2) is 0 Å². The summed E-state index contributed by atoms with van der Waals surface area (Å²) < 4.78 is 1.27. The number of aromatic nitrogens is 5. The fourth-order valence-electron chi connectivity index (χ4n) is 4.72. The summed E-state index contributed by atoms with van der Waals surface area (Å²) in [5, 5.41) is 19.8. The minimum Gasteiger partial charge on any atom is -0.385 e. The topological polar surface area (TPSA) is 85.9 Å². The van der Waals surface area contributed by atoms with Crippen LogP contribution in [-0.4, -0.2) is 63.2 Å². The summed E-state index contributed by atoms with van der Waals surface area (Å²) in [5.74, 6) is 1.32. The van der Waals surface area contributed by atoms with E-state index in [2.05, 4.69) is 79.1 Å². The molecule has 0 bridgehead atoms. The second kappa shape index (κ2) is 8.72. The van der Waals surface area contributed by atoms with E-state index in [1.165, 1.54) is 39.5 Å². The first kappa shape index (κ1) is 20.6.